The molecular formula is C14H12N6S. The standard InChI is InChI=1S/C14H12N6S/c15-19-17-9-11-5-1-3-7-13(11)21-14-8-4-2-6-12(14)10-18-20-16/h1-8H,9-10H2. The molecule has 0 aliphatic rings. The van der Waals surface area contributed by atoms with Crippen molar-refractivity contribution in [3.05, 3.63) is 80.5 Å². The van der Waals surface area contributed by atoms with Gasteiger partial charge in [-0.1, -0.05) is 58.4 Å². The zero-order valence-electron chi connectivity index (χ0n) is 11.1. The number of rotatable bonds is 6. The lowest BCUT2D eigenvalue weighted by atomic mass is 10.2. The molecule has 2 aromatic carbocycles. The van der Waals surface area contributed by atoms with Gasteiger partial charge in [0.2, 0.25) is 0 Å². The summed E-state index contributed by atoms with van der Waals surface area (Å²) in [5, 5.41) is 7.23. The molecule has 2 aromatic rings. The van der Waals surface area contributed by atoms with Gasteiger partial charge in [0, 0.05) is 19.6 Å². The van der Waals surface area contributed by atoms with Gasteiger partial charge in [0.05, 0.1) is 13.1 Å². The van der Waals surface area contributed by atoms with Crippen LogP contribution in [0.2, 0.25) is 0 Å². The van der Waals surface area contributed by atoms with E-state index in [4.69, 9.17) is 11.1 Å². The molecule has 0 fully saturated rings. The van der Waals surface area contributed by atoms with Crippen LogP contribution in [0.5, 0.6) is 0 Å². The summed E-state index contributed by atoms with van der Waals surface area (Å²) in [7, 11) is 0. The summed E-state index contributed by atoms with van der Waals surface area (Å²) in [4.78, 5) is 7.65. The molecule has 2 rings (SSSR count). The molecule has 21 heavy (non-hydrogen) atoms. The molecule has 0 unspecified atom stereocenters. The molecular weight excluding hydrogens is 284 g/mol. The summed E-state index contributed by atoms with van der Waals surface area (Å²) in [5.41, 5.74) is 18.9. The van der Waals surface area contributed by atoms with Crippen molar-refractivity contribution in [3.63, 3.8) is 0 Å². The van der Waals surface area contributed by atoms with E-state index < -0.39 is 0 Å². The minimum Gasteiger partial charge on any atom is -0.0895 e. The van der Waals surface area contributed by atoms with Gasteiger partial charge in [0.15, 0.2) is 0 Å². The fourth-order valence-electron chi connectivity index (χ4n) is 1.80. The topological polar surface area (TPSA) is 97.5 Å². The quantitative estimate of drug-likeness (QED) is 0.394. The highest BCUT2D eigenvalue weighted by Crippen LogP contribution is 2.33. The summed E-state index contributed by atoms with van der Waals surface area (Å²) in [6.07, 6.45) is 0. The second kappa shape index (κ2) is 7.87. The zero-order valence-corrected chi connectivity index (χ0v) is 11.9. The van der Waals surface area contributed by atoms with Crippen molar-refractivity contribution in [1.82, 2.24) is 0 Å². The van der Waals surface area contributed by atoms with Crippen LogP contribution < -0.4 is 0 Å². The Hall–Kier alpha value is -2.59. The largest absolute Gasteiger partial charge is 0.0895 e. The van der Waals surface area contributed by atoms with Crippen molar-refractivity contribution in [2.24, 2.45) is 10.2 Å². The second-order valence-electron chi connectivity index (χ2n) is 4.10. The molecule has 0 aliphatic heterocycles. The SMILES string of the molecule is [N-]=[N+]=NCc1ccccc1Sc1ccccc1CN=[N+]=[N-]. The van der Waals surface area contributed by atoms with E-state index in [0.717, 1.165) is 20.9 Å². The number of hydrogen-bond acceptors (Lipinski definition) is 3. The average Bonchev–Trinajstić information content (AvgIpc) is 2.53. The van der Waals surface area contributed by atoms with Crippen LogP contribution in [0.15, 0.2) is 68.6 Å². The van der Waals surface area contributed by atoms with Crippen molar-refractivity contribution in [2.75, 3.05) is 0 Å². The third-order valence-electron chi connectivity index (χ3n) is 2.77. The first-order valence-electron chi connectivity index (χ1n) is 6.20. The summed E-state index contributed by atoms with van der Waals surface area (Å²) < 4.78 is 0. The van der Waals surface area contributed by atoms with Crippen molar-refractivity contribution in [2.45, 2.75) is 22.9 Å². The normalized spacial score (nSPS) is 9.52. The Morgan fingerprint density at radius 1 is 0.762 bits per heavy atom. The Kier molecular flexibility index (Phi) is 5.55. The van der Waals surface area contributed by atoms with Crippen LogP contribution in [0.3, 0.4) is 0 Å². The predicted molar refractivity (Wildman–Crippen MR) is 82.7 cm³/mol. The molecule has 0 bridgehead atoms. The Balaban J connectivity index is 2.30. The highest BCUT2D eigenvalue weighted by Gasteiger charge is 2.06. The summed E-state index contributed by atoms with van der Waals surface area (Å²) in [6, 6.07) is 15.6. The average molecular weight is 296 g/mol. The Labute approximate surface area is 126 Å². The third kappa shape index (κ3) is 4.19. The van der Waals surface area contributed by atoms with Crippen LogP contribution in [0.1, 0.15) is 11.1 Å². The van der Waals surface area contributed by atoms with Gasteiger partial charge in [0.25, 0.3) is 0 Å². The van der Waals surface area contributed by atoms with Crippen molar-refractivity contribution < 1.29 is 0 Å². The van der Waals surface area contributed by atoms with Gasteiger partial charge in [-0.2, -0.15) is 0 Å². The molecule has 7 heteroatoms. The number of benzene rings is 2. The van der Waals surface area contributed by atoms with E-state index in [1.54, 1.807) is 11.8 Å². The fraction of sp³-hybridized carbons (Fsp3) is 0.143. The first-order valence-corrected chi connectivity index (χ1v) is 7.02. The van der Waals surface area contributed by atoms with Crippen LogP contribution in [0, 0.1) is 0 Å². The van der Waals surface area contributed by atoms with Crippen LogP contribution in [-0.4, -0.2) is 0 Å². The van der Waals surface area contributed by atoms with Gasteiger partial charge in [-0.05, 0) is 34.3 Å². The Morgan fingerprint density at radius 2 is 1.19 bits per heavy atom. The molecule has 0 aromatic heterocycles. The predicted octanol–water partition coefficient (Wildman–Crippen LogP) is 5.46. The van der Waals surface area contributed by atoms with Crippen LogP contribution in [0.25, 0.3) is 20.9 Å². The maximum absolute atomic E-state index is 8.45. The monoisotopic (exact) mass is 296 g/mol. The fourth-order valence-corrected chi connectivity index (χ4v) is 2.86. The van der Waals surface area contributed by atoms with Gasteiger partial charge in [-0.15, -0.1) is 0 Å². The third-order valence-corrected chi connectivity index (χ3v) is 4.01. The summed E-state index contributed by atoms with van der Waals surface area (Å²) in [6.45, 7) is 0.635. The van der Waals surface area contributed by atoms with Crippen LogP contribution in [0.4, 0.5) is 0 Å². The molecule has 0 radical (unpaired) electrons. The Morgan fingerprint density at radius 3 is 1.62 bits per heavy atom. The minimum atomic E-state index is 0.318. The first kappa shape index (κ1) is 14.8. The molecule has 6 nitrogen and oxygen atoms in total. The molecule has 0 saturated heterocycles. The molecule has 0 atom stereocenters. The maximum atomic E-state index is 8.45. The lowest BCUT2D eigenvalue weighted by Gasteiger charge is -2.10. The van der Waals surface area contributed by atoms with E-state index >= 15 is 0 Å². The second-order valence-corrected chi connectivity index (χ2v) is 5.18. The lowest BCUT2D eigenvalue weighted by molar-refractivity contribution is 0.997. The van der Waals surface area contributed by atoms with Crippen molar-refractivity contribution in [3.8, 4) is 0 Å². The molecule has 0 spiro atoms. The van der Waals surface area contributed by atoms with Gasteiger partial charge in [-0.3, -0.25) is 0 Å². The summed E-state index contributed by atoms with van der Waals surface area (Å²) in [5.74, 6) is 0. The highest BCUT2D eigenvalue weighted by atomic mass is 32.2. The molecule has 0 aliphatic carbocycles. The molecule has 0 amide bonds. The smallest absolute Gasteiger partial charge is 0.0522 e. The number of azide groups is 2. The first-order chi connectivity index (χ1) is 10.3. The molecule has 0 heterocycles. The van der Waals surface area contributed by atoms with E-state index in [1.165, 1.54) is 0 Å². The molecule has 0 saturated carbocycles. The number of hydrogen-bond donors (Lipinski definition) is 0. The highest BCUT2D eigenvalue weighted by molar-refractivity contribution is 7.99. The van der Waals surface area contributed by atoms with E-state index in [1.807, 2.05) is 48.5 Å². The van der Waals surface area contributed by atoms with Gasteiger partial charge in [0.1, 0.15) is 0 Å². The minimum absolute atomic E-state index is 0.318. The number of nitrogens with zero attached hydrogens (tertiary/aromatic N) is 6. The maximum Gasteiger partial charge on any atom is 0.0522 e. The van der Waals surface area contributed by atoms with Gasteiger partial charge < -0.3 is 0 Å². The summed E-state index contributed by atoms with van der Waals surface area (Å²) >= 11 is 1.58. The van der Waals surface area contributed by atoms with Gasteiger partial charge in [-0.25, -0.2) is 0 Å². The van der Waals surface area contributed by atoms with E-state index in [9.17, 15) is 0 Å². The van der Waals surface area contributed by atoms with Crippen molar-refractivity contribution >= 4 is 11.8 Å². The van der Waals surface area contributed by atoms with Crippen molar-refractivity contribution in [1.29, 1.82) is 0 Å². The van der Waals surface area contributed by atoms with Gasteiger partial charge >= 0.3 is 0 Å². The van der Waals surface area contributed by atoms with E-state index in [-0.39, 0.29) is 0 Å². The molecule has 0 N–H and O–H groups in total. The van der Waals surface area contributed by atoms with Crippen LogP contribution in [-0.2, 0) is 13.1 Å². The molecule has 104 valence electrons. The van der Waals surface area contributed by atoms with E-state index in [2.05, 4.69) is 20.1 Å². The van der Waals surface area contributed by atoms with E-state index in [0.29, 0.717) is 13.1 Å². The lowest BCUT2D eigenvalue weighted by Crippen LogP contribution is -1.88. The zero-order chi connectivity index (χ0) is 14.9. The van der Waals surface area contributed by atoms with Crippen LogP contribution >= 0.6 is 11.8 Å². The Bertz CT molecular complexity index is 655.